The highest BCUT2D eigenvalue weighted by Gasteiger charge is 2.11. The molecule has 0 aliphatic rings. The molecular formula is C11H8F2N2O2. The summed E-state index contributed by atoms with van der Waals surface area (Å²) < 4.78 is 24.2. The fourth-order valence-corrected chi connectivity index (χ4v) is 1.34. The molecule has 6 heteroatoms. The fraction of sp³-hybridized carbons (Fsp3) is 0.0909. The highest BCUT2D eigenvalue weighted by Crippen LogP contribution is 2.10. The van der Waals surface area contributed by atoms with Gasteiger partial charge in [0.05, 0.1) is 11.0 Å². The van der Waals surface area contributed by atoms with E-state index in [1.165, 1.54) is 0 Å². The molecule has 4 nitrogen and oxygen atoms in total. The van der Waals surface area contributed by atoms with Gasteiger partial charge in [-0.15, -0.1) is 0 Å². The summed E-state index contributed by atoms with van der Waals surface area (Å²) in [5.41, 5.74) is 0.0870. The second-order valence-corrected chi connectivity index (χ2v) is 3.34. The molecule has 0 saturated heterocycles. The smallest absolute Gasteiger partial charge is 0.294 e. The van der Waals surface area contributed by atoms with Crippen LogP contribution in [0.1, 0.15) is 5.69 Å². The summed E-state index contributed by atoms with van der Waals surface area (Å²) in [5.74, 6) is -1.18. The summed E-state index contributed by atoms with van der Waals surface area (Å²) in [5, 5.41) is 8.89. The molecular weight excluding hydrogens is 230 g/mol. The van der Waals surface area contributed by atoms with E-state index in [2.05, 4.69) is 9.97 Å². The van der Waals surface area contributed by atoms with E-state index in [0.29, 0.717) is 17.1 Å². The fourth-order valence-electron chi connectivity index (χ4n) is 1.34. The number of rotatable bonds is 2. The lowest BCUT2D eigenvalue weighted by molar-refractivity contribution is 0.132. The van der Waals surface area contributed by atoms with E-state index < -0.39 is 17.7 Å². The zero-order valence-corrected chi connectivity index (χ0v) is 8.52. The molecule has 0 atom stereocenters. The molecule has 0 amide bonds. The molecule has 0 spiro atoms. The standard InChI is InChI=1S/C11H8F2N2O2/c12-10(13)9(16)5-8-11(17)15-7-4-2-1-3-6(7)14-8/h1-5,10,16H,(H,15,17)/b9-5-. The molecule has 1 heterocycles. The van der Waals surface area contributed by atoms with Crippen LogP contribution in [0.2, 0.25) is 0 Å². The number of aliphatic hydroxyl groups is 1. The minimum atomic E-state index is -3.03. The number of fused-ring (bicyclic) bond motifs is 1. The van der Waals surface area contributed by atoms with Crippen LogP contribution >= 0.6 is 0 Å². The maximum atomic E-state index is 12.1. The highest BCUT2D eigenvalue weighted by atomic mass is 19.3. The Labute approximate surface area is 94.2 Å². The first-order valence-electron chi connectivity index (χ1n) is 4.75. The SMILES string of the molecule is O=c1[nH]c2ccccc2nc1/C=C(\O)C(F)F. The lowest BCUT2D eigenvalue weighted by atomic mass is 10.3. The number of aromatic nitrogens is 2. The van der Waals surface area contributed by atoms with Crippen LogP contribution < -0.4 is 5.56 Å². The molecule has 0 fully saturated rings. The van der Waals surface area contributed by atoms with E-state index in [0.717, 1.165) is 0 Å². The van der Waals surface area contributed by atoms with Crippen molar-refractivity contribution in [3.05, 3.63) is 46.1 Å². The van der Waals surface area contributed by atoms with Crippen molar-refractivity contribution in [1.82, 2.24) is 9.97 Å². The van der Waals surface area contributed by atoms with Crippen LogP contribution in [-0.2, 0) is 0 Å². The molecule has 88 valence electrons. The molecule has 2 N–H and O–H groups in total. The van der Waals surface area contributed by atoms with Gasteiger partial charge in [-0.1, -0.05) is 12.1 Å². The van der Waals surface area contributed by atoms with Gasteiger partial charge in [0.2, 0.25) is 0 Å². The number of H-pyrrole nitrogens is 1. The largest absolute Gasteiger partial charge is 0.506 e. The van der Waals surface area contributed by atoms with Crippen LogP contribution in [0, 0.1) is 0 Å². The van der Waals surface area contributed by atoms with Gasteiger partial charge in [-0.2, -0.15) is 0 Å². The summed E-state index contributed by atoms with van der Waals surface area (Å²) in [4.78, 5) is 17.8. The number of benzene rings is 1. The lowest BCUT2D eigenvalue weighted by Crippen LogP contribution is -2.12. The Balaban J connectivity index is 2.59. The average Bonchev–Trinajstić information content (AvgIpc) is 2.29. The number of nitrogens with one attached hydrogen (secondary N) is 1. The Kier molecular flexibility index (Phi) is 2.86. The van der Waals surface area contributed by atoms with Crippen molar-refractivity contribution in [3.63, 3.8) is 0 Å². The van der Waals surface area contributed by atoms with Crippen molar-refractivity contribution in [2.75, 3.05) is 0 Å². The third-order valence-electron chi connectivity index (χ3n) is 2.13. The normalized spacial score (nSPS) is 12.3. The van der Waals surface area contributed by atoms with Crippen LogP contribution in [-0.4, -0.2) is 21.5 Å². The lowest BCUT2D eigenvalue weighted by Gasteiger charge is -2.00. The number of para-hydroxylation sites is 2. The number of alkyl halides is 2. The van der Waals surface area contributed by atoms with Crippen molar-refractivity contribution in [2.45, 2.75) is 6.43 Å². The van der Waals surface area contributed by atoms with Gasteiger partial charge in [0.1, 0.15) is 5.69 Å². The number of hydrogen-bond acceptors (Lipinski definition) is 3. The Bertz CT molecular complexity index is 635. The predicted molar refractivity (Wildman–Crippen MR) is 59.0 cm³/mol. The number of aliphatic hydroxyl groups excluding tert-OH is 1. The molecule has 17 heavy (non-hydrogen) atoms. The predicted octanol–water partition coefficient (Wildman–Crippen LogP) is 2.09. The van der Waals surface area contributed by atoms with E-state index in [1.807, 2.05) is 0 Å². The topological polar surface area (TPSA) is 66.0 Å². The highest BCUT2D eigenvalue weighted by molar-refractivity contribution is 5.74. The molecule has 0 saturated carbocycles. The van der Waals surface area contributed by atoms with Crippen molar-refractivity contribution in [3.8, 4) is 0 Å². The number of aromatic amines is 1. The van der Waals surface area contributed by atoms with Gasteiger partial charge in [-0.05, 0) is 12.1 Å². The molecule has 0 aliphatic heterocycles. The van der Waals surface area contributed by atoms with Crippen LogP contribution in [0.15, 0.2) is 34.8 Å². The van der Waals surface area contributed by atoms with Gasteiger partial charge >= 0.3 is 0 Å². The van der Waals surface area contributed by atoms with Crippen molar-refractivity contribution in [1.29, 1.82) is 0 Å². The Hall–Kier alpha value is -2.24. The van der Waals surface area contributed by atoms with Gasteiger partial charge in [0, 0.05) is 6.08 Å². The first kappa shape index (κ1) is 11.3. The third kappa shape index (κ3) is 2.30. The van der Waals surface area contributed by atoms with E-state index >= 15 is 0 Å². The molecule has 0 radical (unpaired) electrons. The van der Waals surface area contributed by atoms with Crippen LogP contribution in [0.3, 0.4) is 0 Å². The number of halogens is 2. The Morgan fingerprint density at radius 1 is 1.41 bits per heavy atom. The van der Waals surface area contributed by atoms with Gasteiger partial charge in [0.25, 0.3) is 12.0 Å². The zero-order valence-electron chi connectivity index (χ0n) is 8.52. The van der Waals surface area contributed by atoms with Gasteiger partial charge < -0.3 is 10.1 Å². The zero-order chi connectivity index (χ0) is 12.4. The Morgan fingerprint density at radius 2 is 2.12 bits per heavy atom. The maximum Gasteiger partial charge on any atom is 0.294 e. The molecule has 1 aromatic heterocycles. The number of hydrogen-bond donors (Lipinski definition) is 2. The third-order valence-corrected chi connectivity index (χ3v) is 2.13. The summed E-state index contributed by atoms with van der Waals surface area (Å²) in [6.45, 7) is 0. The van der Waals surface area contributed by atoms with E-state index in [1.54, 1.807) is 24.3 Å². The quantitative estimate of drug-likeness (QED) is 0.787. The summed E-state index contributed by atoms with van der Waals surface area (Å²) in [6.07, 6.45) is -2.36. The van der Waals surface area contributed by atoms with Gasteiger partial charge in [0.15, 0.2) is 5.76 Å². The summed E-state index contributed by atoms with van der Waals surface area (Å²) in [7, 11) is 0. The summed E-state index contributed by atoms with van der Waals surface area (Å²) in [6, 6.07) is 6.69. The Morgan fingerprint density at radius 3 is 2.82 bits per heavy atom. The molecule has 1 aromatic carbocycles. The number of allylic oxidation sites excluding steroid dienone is 1. The first-order valence-corrected chi connectivity index (χ1v) is 4.75. The second kappa shape index (κ2) is 4.32. The molecule has 0 aliphatic carbocycles. The minimum Gasteiger partial charge on any atom is -0.506 e. The summed E-state index contributed by atoms with van der Waals surface area (Å²) >= 11 is 0. The van der Waals surface area contributed by atoms with Crippen LogP contribution in [0.25, 0.3) is 17.1 Å². The minimum absolute atomic E-state index is 0.249. The van der Waals surface area contributed by atoms with Crippen LogP contribution in [0.4, 0.5) is 8.78 Å². The van der Waals surface area contributed by atoms with E-state index in [4.69, 9.17) is 5.11 Å². The van der Waals surface area contributed by atoms with Crippen molar-refractivity contribution in [2.24, 2.45) is 0 Å². The van der Waals surface area contributed by atoms with E-state index in [-0.39, 0.29) is 5.69 Å². The first-order chi connectivity index (χ1) is 8.08. The van der Waals surface area contributed by atoms with Gasteiger partial charge in [-0.25, -0.2) is 13.8 Å². The van der Waals surface area contributed by atoms with Crippen molar-refractivity contribution < 1.29 is 13.9 Å². The van der Waals surface area contributed by atoms with E-state index in [9.17, 15) is 13.6 Å². The number of nitrogens with zero attached hydrogens (tertiary/aromatic N) is 1. The molecule has 0 unspecified atom stereocenters. The maximum absolute atomic E-state index is 12.1. The monoisotopic (exact) mass is 238 g/mol. The molecule has 2 rings (SSSR count). The van der Waals surface area contributed by atoms with Crippen molar-refractivity contribution >= 4 is 17.1 Å². The van der Waals surface area contributed by atoms with Gasteiger partial charge in [-0.3, -0.25) is 4.79 Å². The second-order valence-electron chi connectivity index (χ2n) is 3.34. The van der Waals surface area contributed by atoms with Crippen LogP contribution in [0.5, 0.6) is 0 Å². The average molecular weight is 238 g/mol. The molecule has 0 bridgehead atoms. The molecule has 2 aromatic rings.